The van der Waals surface area contributed by atoms with Crippen molar-refractivity contribution >= 4 is 35.3 Å². The van der Waals surface area contributed by atoms with Gasteiger partial charge in [0.15, 0.2) is 0 Å². The summed E-state index contributed by atoms with van der Waals surface area (Å²) in [5.74, 6) is -0.224. The normalized spacial score (nSPS) is 17.4. The van der Waals surface area contributed by atoms with E-state index in [-0.39, 0.29) is 35.7 Å². The monoisotopic (exact) mass is 397 g/mol. The third kappa shape index (κ3) is 4.97. The van der Waals surface area contributed by atoms with E-state index >= 15 is 0 Å². The number of halogens is 2. The summed E-state index contributed by atoms with van der Waals surface area (Å²) in [5, 5.41) is 11.5. The number of ether oxygens (including phenoxy) is 1. The van der Waals surface area contributed by atoms with Crippen LogP contribution in [0.2, 0.25) is 0 Å². The van der Waals surface area contributed by atoms with Crippen molar-refractivity contribution in [2.45, 2.75) is 17.8 Å². The van der Waals surface area contributed by atoms with Gasteiger partial charge >= 0.3 is 0 Å². The first-order chi connectivity index (χ1) is 12.0. The van der Waals surface area contributed by atoms with E-state index in [0.717, 1.165) is 17.3 Å². The molecule has 1 fully saturated rings. The summed E-state index contributed by atoms with van der Waals surface area (Å²) < 4.78 is 19.1. The maximum Gasteiger partial charge on any atom is 0.286 e. The molecule has 138 valence electrons. The third-order valence-electron chi connectivity index (χ3n) is 3.78. The van der Waals surface area contributed by atoms with Crippen LogP contribution in [0.1, 0.15) is 17.2 Å². The fourth-order valence-electron chi connectivity index (χ4n) is 2.47. The molecule has 1 saturated heterocycles. The van der Waals surface area contributed by atoms with E-state index in [9.17, 15) is 19.1 Å². The summed E-state index contributed by atoms with van der Waals surface area (Å²) in [6.07, 6.45) is -0.620. The second kappa shape index (κ2) is 9.02. The van der Waals surface area contributed by atoms with Gasteiger partial charge in [0.1, 0.15) is 24.3 Å². The topological polar surface area (TPSA) is 75.6 Å². The molecule has 2 aromatic rings. The predicted octanol–water partition coefficient (Wildman–Crippen LogP) is 3.25. The van der Waals surface area contributed by atoms with Crippen LogP contribution in [-0.4, -0.2) is 28.1 Å². The molecule has 1 unspecified atom stereocenters. The molecule has 0 bridgehead atoms. The van der Waals surface area contributed by atoms with Gasteiger partial charge in [-0.1, -0.05) is 42.1 Å². The molecule has 1 aliphatic rings. The van der Waals surface area contributed by atoms with Crippen LogP contribution in [0.25, 0.3) is 0 Å². The molecule has 2 amide bonds. The summed E-state index contributed by atoms with van der Waals surface area (Å²) in [4.78, 5) is 22.7. The Bertz CT molecular complexity index is 787. The molecule has 0 saturated carbocycles. The quantitative estimate of drug-likeness (QED) is 0.782. The van der Waals surface area contributed by atoms with E-state index in [2.05, 4.69) is 5.32 Å². The first kappa shape index (κ1) is 20.2. The highest BCUT2D eigenvalue weighted by Gasteiger charge is 2.31. The standard InChI is InChI=1S/C18H16FNO4S.ClH/c19-14-4-2-1-3-13(14)15(21)10-24-12-7-5-11(6-8-12)9-16-17(22)20-18(23)25-16;/h1-8,15-16,21H,9-10H2,(H,20,22,23);1H/t15-,16?;/m0./s1. The first-order valence-corrected chi connectivity index (χ1v) is 8.56. The smallest absolute Gasteiger partial charge is 0.286 e. The lowest BCUT2D eigenvalue weighted by atomic mass is 10.1. The van der Waals surface area contributed by atoms with E-state index in [1.807, 2.05) is 0 Å². The Morgan fingerprint density at radius 3 is 2.46 bits per heavy atom. The fourth-order valence-corrected chi connectivity index (χ4v) is 3.33. The minimum Gasteiger partial charge on any atom is -0.491 e. The fraction of sp³-hybridized carbons (Fsp3) is 0.222. The summed E-state index contributed by atoms with van der Waals surface area (Å²) in [7, 11) is 0. The Morgan fingerprint density at radius 1 is 1.15 bits per heavy atom. The second-order valence-corrected chi connectivity index (χ2v) is 6.76. The molecule has 0 radical (unpaired) electrons. The number of amides is 2. The molecular weight excluding hydrogens is 381 g/mol. The first-order valence-electron chi connectivity index (χ1n) is 7.68. The van der Waals surface area contributed by atoms with Crippen molar-refractivity contribution in [2.24, 2.45) is 0 Å². The molecule has 1 aliphatic heterocycles. The zero-order chi connectivity index (χ0) is 17.8. The van der Waals surface area contributed by atoms with Gasteiger partial charge in [0, 0.05) is 5.56 Å². The lowest BCUT2D eigenvalue weighted by Crippen LogP contribution is -2.25. The highest BCUT2D eigenvalue weighted by atomic mass is 35.5. The van der Waals surface area contributed by atoms with Crippen molar-refractivity contribution in [1.29, 1.82) is 0 Å². The highest BCUT2D eigenvalue weighted by Crippen LogP contribution is 2.24. The Kier molecular flexibility index (Phi) is 7.02. The van der Waals surface area contributed by atoms with Crippen molar-refractivity contribution in [1.82, 2.24) is 5.32 Å². The van der Waals surface area contributed by atoms with Crippen molar-refractivity contribution < 1.29 is 23.8 Å². The van der Waals surface area contributed by atoms with Crippen LogP contribution in [0.15, 0.2) is 48.5 Å². The molecule has 2 atom stereocenters. The minimum atomic E-state index is -1.06. The number of aliphatic hydroxyl groups excluding tert-OH is 1. The lowest BCUT2D eigenvalue weighted by molar-refractivity contribution is -0.118. The van der Waals surface area contributed by atoms with E-state index in [4.69, 9.17) is 4.74 Å². The third-order valence-corrected chi connectivity index (χ3v) is 4.76. The number of aliphatic hydroxyl groups is 1. The Labute approximate surface area is 160 Å². The van der Waals surface area contributed by atoms with Gasteiger partial charge in [0.05, 0.1) is 5.25 Å². The van der Waals surface area contributed by atoms with Gasteiger partial charge in [-0.25, -0.2) is 4.39 Å². The number of thioether (sulfide) groups is 1. The molecule has 2 N–H and O–H groups in total. The van der Waals surface area contributed by atoms with Gasteiger partial charge in [-0.15, -0.1) is 12.4 Å². The minimum absolute atomic E-state index is 0. The maximum atomic E-state index is 13.6. The Hall–Kier alpha value is -2.09. The molecule has 0 spiro atoms. The number of benzene rings is 2. The number of carbonyl (C=O) groups is 2. The van der Waals surface area contributed by atoms with Gasteiger partial charge < -0.3 is 9.84 Å². The molecule has 5 nitrogen and oxygen atoms in total. The Balaban J connectivity index is 0.00000243. The highest BCUT2D eigenvalue weighted by molar-refractivity contribution is 8.15. The van der Waals surface area contributed by atoms with E-state index in [1.54, 1.807) is 36.4 Å². The molecule has 26 heavy (non-hydrogen) atoms. The van der Waals surface area contributed by atoms with Crippen LogP contribution in [-0.2, 0) is 11.2 Å². The summed E-state index contributed by atoms with van der Waals surface area (Å²) in [6.45, 7) is -0.0737. The molecule has 0 aliphatic carbocycles. The maximum absolute atomic E-state index is 13.6. The summed E-state index contributed by atoms with van der Waals surface area (Å²) in [5.41, 5.74) is 1.08. The number of carbonyl (C=O) groups excluding carboxylic acids is 2. The number of rotatable bonds is 6. The van der Waals surface area contributed by atoms with Crippen LogP contribution < -0.4 is 10.1 Å². The molecule has 3 rings (SSSR count). The van der Waals surface area contributed by atoms with Crippen molar-refractivity contribution in [3.05, 3.63) is 65.5 Å². The number of hydrogen-bond acceptors (Lipinski definition) is 5. The number of imide groups is 1. The van der Waals surface area contributed by atoms with Crippen LogP contribution in [0.4, 0.5) is 9.18 Å². The van der Waals surface area contributed by atoms with Gasteiger partial charge in [-0.2, -0.15) is 0 Å². The Morgan fingerprint density at radius 2 is 1.85 bits per heavy atom. The average molecular weight is 398 g/mol. The zero-order valence-corrected chi connectivity index (χ0v) is 15.2. The number of hydrogen-bond donors (Lipinski definition) is 2. The van der Waals surface area contributed by atoms with E-state index in [1.165, 1.54) is 12.1 Å². The molecule has 1 heterocycles. The van der Waals surface area contributed by atoms with Gasteiger partial charge in [-0.3, -0.25) is 14.9 Å². The van der Waals surface area contributed by atoms with Crippen molar-refractivity contribution in [2.75, 3.05) is 6.61 Å². The van der Waals surface area contributed by atoms with E-state index in [0.29, 0.717) is 12.2 Å². The van der Waals surface area contributed by atoms with Crippen LogP contribution in [0.3, 0.4) is 0 Å². The molecular formula is C18H17ClFNO4S. The van der Waals surface area contributed by atoms with E-state index < -0.39 is 17.2 Å². The lowest BCUT2D eigenvalue weighted by Gasteiger charge is -2.14. The largest absolute Gasteiger partial charge is 0.491 e. The second-order valence-electron chi connectivity index (χ2n) is 5.58. The summed E-state index contributed by atoms with van der Waals surface area (Å²) >= 11 is 0.986. The summed E-state index contributed by atoms with van der Waals surface area (Å²) in [6, 6.07) is 13.0. The van der Waals surface area contributed by atoms with Crippen LogP contribution in [0, 0.1) is 5.82 Å². The average Bonchev–Trinajstić information content (AvgIpc) is 2.91. The molecule has 8 heteroatoms. The zero-order valence-electron chi connectivity index (χ0n) is 13.6. The van der Waals surface area contributed by atoms with Crippen LogP contribution in [0.5, 0.6) is 5.75 Å². The van der Waals surface area contributed by atoms with Crippen molar-refractivity contribution in [3.63, 3.8) is 0 Å². The SMILES string of the molecule is Cl.O=C1NC(=O)C(Cc2ccc(OC[C@H](O)c3ccccc3F)cc2)S1. The van der Waals surface area contributed by atoms with Crippen molar-refractivity contribution in [3.8, 4) is 5.75 Å². The van der Waals surface area contributed by atoms with Gasteiger partial charge in [0.25, 0.3) is 5.24 Å². The molecule has 0 aromatic heterocycles. The predicted molar refractivity (Wildman–Crippen MR) is 99.2 cm³/mol. The number of nitrogens with one attached hydrogen (secondary N) is 1. The van der Waals surface area contributed by atoms with Gasteiger partial charge in [0.2, 0.25) is 5.91 Å². The molecule has 2 aromatic carbocycles. The van der Waals surface area contributed by atoms with Gasteiger partial charge in [-0.05, 0) is 30.2 Å². The van der Waals surface area contributed by atoms with Crippen LogP contribution >= 0.6 is 24.2 Å².